The number of hydrogen-bond donors (Lipinski definition) is 2. The monoisotopic (exact) mass is 519 g/mol. The second-order valence-corrected chi connectivity index (χ2v) is 9.36. The molecule has 3 heterocycles. The van der Waals surface area contributed by atoms with E-state index in [1.165, 1.54) is 30.5 Å². The first-order chi connectivity index (χ1) is 17.9. The van der Waals surface area contributed by atoms with Crippen molar-refractivity contribution in [2.45, 2.75) is 19.9 Å². The normalized spacial score (nSPS) is 17.0. The fraction of sp³-hybridized carbons (Fsp3) is 0.222. The van der Waals surface area contributed by atoms with Crippen molar-refractivity contribution in [3.05, 3.63) is 69.4 Å². The lowest BCUT2D eigenvalue weighted by Crippen LogP contribution is -2.30. The Labute approximate surface area is 216 Å². The van der Waals surface area contributed by atoms with Gasteiger partial charge >= 0.3 is 5.91 Å². The third kappa shape index (κ3) is 4.09. The Bertz CT molecular complexity index is 1500. The molecule has 10 heteroatoms. The van der Waals surface area contributed by atoms with Crippen LogP contribution in [0.25, 0.3) is 16.8 Å². The van der Waals surface area contributed by atoms with E-state index in [0.29, 0.717) is 45.3 Å². The topological polar surface area (TPSA) is 114 Å². The van der Waals surface area contributed by atoms with E-state index in [9.17, 15) is 14.7 Å². The number of methoxy groups -OCH3 is 2. The molecule has 1 saturated heterocycles. The highest BCUT2D eigenvalue weighted by molar-refractivity contribution is 7.10. The van der Waals surface area contributed by atoms with Crippen LogP contribution in [0, 0.1) is 6.92 Å². The van der Waals surface area contributed by atoms with Crippen LogP contribution in [0.4, 0.5) is 5.95 Å². The lowest BCUT2D eigenvalue weighted by atomic mass is 9.99. The van der Waals surface area contributed by atoms with E-state index in [4.69, 9.17) is 14.2 Å². The number of anilines is 1. The van der Waals surface area contributed by atoms with Gasteiger partial charge in [-0.3, -0.25) is 14.5 Å². The number of ketones is 1. The molecule has 2 N–H and O–H groups in total. The van der Waals surface area contributed by atoms with Gasteiger partial charge in [0, 0.05) is 22.6 Å². The van der Waals surface area contributed by atoms with Crippen molar-refractivity contribution in [1.29, 1.82) is 0 Å². The number of amides is 1. The summed E-state index contributed by atoms with van der Waals surface area (Å²) in [5.74, 6) is -0.0117. The van der Waals surface area contributed by atoms with Crippen LogP contribution < -0.4 is 19.1 Å². The summed E-state index contributed by atoms with van der Waals surface area (Å²) in [5.41, 5.74) is 2.34. The van der Waals surface area contributed by atoms with Gasteiger partial charge in [0.2, 0.25) is 5.95 Å². The predicted molar refractivity (Wildman–Crippen MR) is 141 cm³/mol. The average Bonchev–Trinajstić information content (AvgIpc) is 3.62. The van der Waals surface area contributed by atoms with Gasteiger partial charge in [-0.05, 0) is 49.1 Å². The van der Waals surface area contributed by atoms with Gasteiger partial charge in [0.05, 0.1) is 37.4 Å². The molecule has 0 spiro atoms. The zero-order valence-corrected chi connectivity index (χ0v) is 21.5. The quantitative estimate of drug-likeness (QED) is 0.201. The van der Waals surface area contributed by atoms with Gasteiger partial charge in [-0.2, -0.15) is 0 Å². The van der Waals surface area contributed by atoms with Crippen LogP contribution in [0.2, 0.25) is 0 Å². The smallest absolute Gasteiger partial charge is 0.302 e. The number of nitrogens with one attached hydrogen (secondary N) is 1. The van der Waals surface area contributed by atoms with Gasteiger partial charge in [0.1, 0.15) is 17.6 Å². The Morgan fingerprint density at radius 2 is 1.86 bits per heavy atom. The molecule has 0 saturated carbocycles. The standard InChI is InChI=1S/C27H25N3O6S/c1-5-36-18-9-8-15(11-14(18)2)24(31)22-23(21-7-6-10-37-21)30(26(33)25(22)32)27-28-16-12-19(34-3)20(35-4)13-17(16)29-27/h6-13,23,31H,5H2,1-4H3,(H,28,29)/b24-22+. The Kier molecular flexibility index (Phi) is 6.34. The molecule has 9 nitrogen and oxygen atoms in total. The number of carbonyl (C=O) groups is 2. The number of carbonyl (C=O) groups excluding carboxylic acids is 2. The molecule has 1 atom stereocenters. The van der Waals surface area contributed by atoms with Gasteiger partial charge in [-0.25, -0.2) is 4.98 Å². The van der Waals surface area contributed by atoms with E-state index in [2.05, 4.69) is 9.97 Å². The maximum atomic E-state index is 13.4. The summed E-state index contributed by atoms with van der Waals surface area (Å²) in [6.45, 7) is 4.25. The number of nitrogens with zero attached hydrogens (tertiary/aromatic N) is 2. The molecule has 0 bridgehead atoms. The van der Waals surface area contributed by atoms with E-state index >= 15 is 0 Å². The molecule has 5 rings (SSSR count). The largest absolute Gasteiger partial charge is 0.507 e. The number of hydrogen-bond acceptors (Lipinski definition) is 8. The number of benzene rings is 2. The molecule has 1 amide bonds. The number of aliphatic hydroxyl groups excluding tert-OH is 1. The Morgan fingerprint density at radius 3 is 2.51 bits per heavy atom. The fourth-order valence-corrected chi connectivity index (χ4v) is 5.30. The van der Waals surface area contributed by atoms with Crippen LogP contribution in [0.1, 0.15) is 29.0 Å². The molecule has 1 unspecified atom stereocenters. The second kappa shape index (κ2) is 9.62. The number of thiophene rings is 1. The number of aromatic nitrogens is 2. The van der Waals surface area contributed by atoms with Crippen LogP contribution >= 0.6 is 11.3 Å². The molecule has 190 valence electrons. The van der Waals surface area contributed by atoms with Gasteiger partial charge in [0.25, 0.3) is 5.78 Å². The van der Waals surface area contributed by atoms with Crippen molar-refractivity contribution in [2.75, 3.05) is 25.7 Å². The molecule has 0 radical (unpaired) electrons. The number of ether oxygens (including phenoxy) is 3. The number of aryl methyl sites for hydroxylation is 1. The van der Waals surface area contributed by atoms with E-state index in [1.807, 2.05) is 31.4 Å². The lowest BCUT2D eigenvalue weighted by molar-refractivity contribution is -0.132. The van der Waals surface area contributed by atoms with Gasteiger partial charge in [0.15, 0.2) is 11.5 Å². The maximum Gasteiger partial charge on any atom is 0.302 e. The summed E-state index contributed by atoms with van der Waals surface area (Å²) >= 11 is 1.38. The maximum absolute atomic E-state index is 13.4. The van der Waals surface area contributed by atoms with Crippen molar-refractivity contribution >= 4 is 45.8 Å². The summed E-state index contributed by atoms with van der Waals surface area (Å²) in [4.78, 5) is 36.5. The van der Waals surface area contributed by atoms with Gasteiger partial charge in [-0.1, -0.05) is 6.07 Å². The van der Waals surface area contributed by atoms with Crippen molar-refractivity contribution < 1.29 is 28.9 Å². The van der Waals surface area contributed by atoms with Crippen molar-refractivity contribution in [3.63, 3.8) is 0 Å². The number of imidazole rings is 1. The number of fused-ring (bicyclic) bond motifs is 1. The fourth-order valence-electron chi connectivity index (χ4n) is 4.47. The molecule has 0 aliphatic carbocycles. The zero-order valence-electron chi connectivity index (χ0n) is 20.7. The summed E-state index contributed by atoms with van der Waals surface area (Å²) in [7, 11) is 3.05. The molecule has 1 aliphatic rings. The van der Waals surface area contributed by atoms with E-state index in [1.54, 1.807) is 30.3 Å². The molecule has 1 fully saturated rings. The third-order valence-electron chi connectivity index (χ3n) is 6.21. The average molecular weight is 520 g/mol. The van der Waals surface area contributed by atoms with Gasteiger partial charge < -0.3 is 24.3 Å². The highest BCUT2D eigenvalue weighted by atomic mass is 32.1. The molecule has 4 aromatic rings. The zero-order chi connectivity index (χ0) is 26.3. The number of H-pyrrole nitrogens is 1. The summed E-state index contributed by atoms with van der Waals surface area (Å²) < 4.78 is 16.3. The minimum Gasteiger partial charge on any atom is -0.507 e. The number of aromatic amines is 1. The molecule has 2 aromatic carbocycles. The first kappa shape index (κ1) is 24.4. The van der Waals surface area contributed by atoms with Crippen LogP contribution in [-0.2, 0) is 9.59 Å². The highest BCUT2D eigenvalue weighted by Crippen LogP contribution is 2.44. The highest BCUT2D eigenvalue weighted by Gasteiger charge is 2.48. The first-order valence-corrected chi connectivity index (χ1v) is 12.5. The van der Waals surface area contributed by atoms with E-state index in [0.717, 1.165) is 5.56 Å². The van der Waals surface area contributed by atoms with Crippen molar-refractivity contribution in [1.82, 2.24) is 9.97 Å². The molecule has 2 aromatic heterocycles. The molecular formula is C27H25N3O6S. The van der Waals surface area contributed by atoms with Crippen LogP contribution in [-0.4, -0.2) is 47.6 Å². The molecule has 37 heavy (non-hydrogen) atoms. The van der Waals surface area contributed by atoms with E-state index in [-0.39, 0.29) is 17.3 Å². The SMILES string of the molecule is CCOc1ccc(/C(O)=C2\C(=O)C(=O)N(c3nc4cc(OC)c(OC)cc4[nH]3)C2c2cccs2)cc1C. The number of aliphatic hydroxyl groups is 1. The van der Waals surface area contributed by atoms with Crippen LogP contribution in [0.5, 0.6) is 17.2 Å². The van der Waals surface area contributed by atoms with Crippen LogP contribution in [0.15, 0.2) is 53.4 Å². The minimum absolute atomic E-state index is 0.00775. The second-order valence-electron chi connectivity index (χ2n) is 8.38. The molecule has 1 aliphatic heterocycles. The first-order valence-electron chi connectivity index (χ1n) is 11.6. The Balaban J connectivity index is 1.66. The van der Waals surface area contributed by atoms with Crippen molar-refractivity contribution in [3.8, 4) is 17.2 Å². The number of Topliss-reactive ketones (excluding diaryl/α,β-unsaturated/α-hetero) is 1. The van der Waals surface area contributed by atoms with Gasteiger partial charge in [-0.15, -0.1) is 11.3 Å². The Morgan fingerprint density at radius 1 is 1.11 bits per heavy atom. The third-order valence-corrected chi connectivity index (χ3v) is 7.13. The Hall–Kier alpha value is -4.31. The lowest BCUT2D eigenvalue weighted by Gasteiger charge is -2.21. The van der Waals surface area contributed by atoms with E-state index < -0.39 is 17.7 Å². The van der Waals surface area contributed by atoms with Crippen molar-refractivity contribution in [2.24, 2.45) is 0 Å². The molecular weight excluding hydrogens is 494 g/mol. The van der Waals surface area contributed by atoms with Crippen LogP contribution in [0.3, 0.4) is 0 Å². The number of rotatable bonds is 7. The summed E-state index contributed by atoms with van der Waals surface area (Å²) in [6, 6.07) is 11.3. The minimum atomic E-state index is -0.865. The summed E-state index contributed by atoms with van der Waals surface area (Å²) in [5, 5.41) is 13.2. The predicted octanol–water partition coefficient (Wildman–Crippen LogP) is 4.98. The summed E-state index contributed by atoms with van der Waals surface area (Å²) in [6.07, 6.45) is 0.